The summed E-state index contributed by atoms with van der Waals surface area (Å²) in [5, 5.41) is 7.62. The van der Waals surface area contributed by atoms with Crippen LogP contribution in [-0.4, -0.2) is 22.7 Å². The normalized spacial score (nSPS) is 21.6. The van der Waals surface area contributed by atoms with Gasteiger partial charge in [-0.25, -0.2) is 0 Å². The van der Waals surface area contributed by atoms with E-state index < -0.39 is 0 Å². The van der Waals surface area contributed by atoms with Gasteiger partial charge in [-0.1, -0.05) is 19.0 Å². The first kappa shape index (κ1) is 12.0. The average molecular weight is 240 g/mol. The number of aromatic nitrogens is 1. The highest BCUT2D eigenvalue weighted by Crippen LogP contribution is 2.18. The van der Waals surface area contributed by atoms with Crippen LogP contribution in [0.15, 0.2) is 10.6 Å². The quantitative estimate of drug-likeness (QED) is 0.878. The van der Waals surface area contributed by atoms with Crippen LogP contribution < -0.4 is 5.32 Å². The highest BCUT2D eigenvalue weighted by atomic mass is 32.2. The molecule has 2 heterocycles. The molecule has 0 spiro atoms. The molecule has 1 atom stereocenters. The van der Waals surface area contributed by atoms with Crippen molar-refractivity contribution in [3.63, 3.8) is 0 Å². The lowest BCUT2D eigenvalue weighted by atomic mass is 10.1. The molecule has 0 aromatic carbocycles. The minimum absolute atomic E-state index is 0.423. The van der Waals surface area contributed by atoms with Crippen molar-refractivity contribution in [1.82, 2.24) is 10.5 Å². The van der Waals surface area contributed by atoms with Crippen molar-refractivity contribution in [2.75, 3.05) is 11.5 Å². The van der Waals surface area contributed by atoms with Gasteiger partial charge in [0.1, 0.15) is 5.76 Å². The summed E-state index contributed by atoms with van der Waals surface area (Å²) < 4.78 is 5.27. The van der Waals surface area contributed by atoms with Crippen LogP contribution in [0.4, 0.5) is 0 Å². The third kappa shape index (κ3) is 3.25. The van der Waals surface area contributed by atoms with Crippen LogP contribution in [0, 0.1) is 0 Å². The zero-order valence-electron chi connectivity index (χ0n) is 10.0. The molecule has 90 valence electrons. The fraction of sp³-hybridized carbons (Fsp3) is 0.750. The lowest BCUT2D eigenvalue weighted by Gasteiger charge is -2.21. The third-order valence-electron chi connectivity index (χ3n) is 2.88. The van der Waals surface area contributed by atoms with E-state index in [1.807, 2.05) is 11.8 Å². The smallest absolute Gasteiger partial charge is 0.139 e. The van der Waals surface area contributed by atoms with E-state index in [4.69, 9.17) is 4.52 Å². The van der Waals surface area contributed by atoms with Crippen molar-refractivity contribution in [2.24, 2.45) is 0 Å². The van der Waals surface area contributed by atoms with Gasteiger partial charge in [-0.3, -0.25) is 0 Å². The maximum atomic E-state index is 5.27. The lowest BCUT2D eigenvalue weighted by molar-refractivity contribution is 0.362. The van der Waals surface area contributed by atoms with Crippen molar-refractivity contribution in [3.05, 3.63) is 17.5 Å². The molecule has 1 fully saturated rings. The number of hydrogen-bond acceptors (Lipinski definition) is 4. The Bertz CT molecular complexity index is 319. The molecule has 16 heavy (non-hydrogen) atoms. The van der Waals surface area contributed by atoms with Gasteiger partial charge in [-0.15, -0.1) is 0 Å². The molecule has 0 aliphatic carbocycles. The fourth-order valence-electron chi connectivity index (χ4n) is 1.83. The number of nitrogens with one attached hydrogen (secondary N) is 1. The van der Waals surface area contributed by atoms with Crippen LogP contribution >= 0.6 is 11.8 Å². The van der Waals surface area contributed by atoms with Gasteiger partial charge < -0.3 is 9.84 Å². The first-order chi connectivity index (χ1) is 7.75. The minimum Gasteiger partial charge on any atom is -0.361 e. The van der Waals surface area contributed by atoms with Crippen LogP contribution in [0.5, 0.6) is 0 Å². The molecule has 1 saturated heterocycles. The number of nitrogens with zero attached hydrogens (tertiary/aromatic N) is 1. The minimum atomic E-state index is 0.423. The monoisotopic (exact) mass is 240 g/mol. The molecule has 2 rings (SSSR count). The first-order valence-corrected chi connectivity index (χ1v) is 7.18. The van der Waals surface area contributed by atoms with Crippen molar-refractivity contribution in [3.8, 4) is 0 Å². The zero-order valence-corrected chi connectivity index (χ0v) is 10.8. The largest absolute Gasteiger partial charge is 0.361 e. The lowest BCUT2D eigenvalue weighted by Crippen LogP contribution is -2.33. The Kier molecular flexibility index (Phi) is 4.29. The Morgan fingerprint density at radius 2 is 2.50 bits per heavy atom. The predicted octanol–water partition coefficient (Wildman–Crippen LogP) is 2.78. The summed E-state index contributed by atoms with van der Waals surface area (Å²) in [7, 11) is 0. The van der Waals surface area contributed by atoms with E-state index in [1.165, 1.54) is 24.3 Å². The van der Waals surface area contributed by atoms with Crippen molar-refractivity contribution in [1.29, 1.82) is 0 Å². The molecule has 1 aliphatic rings. The number of rotatable bonds is 4. The summed E-state index contributed by atoms with van der Waals surface area (Å²) in [5.74, 6) is 3.95. The van der Waals surface area contributed by atoms with Gasteiger partial charge in [0.15, 0.2) is 0 Å². The molecule has 1 aromatic heterocycles. The summed E-state index contributed by atoms with van der Waals surface area (Å²) in [6, 6.07) is 2.71. The van der Waals surface area contributed by atoms with E-state index >= 15 is 0 Å². The summed E-state index contributed by atoms with van der Waals surface area (Å²) in [6.07, 6.45) is 2.63. The van der Waals surface area contributed by atoms with Crippen molar-refractivity contribution >= 4 is 11.8 Å². The first-order valence-electron chi connectivity index (χ1n) is 6.02. The molecule has 0 radical (unpaired) electrons. The van der Waals surface area contributed by atoms with E-state index in [1.54, 1.807) is 0 Å². The van der Waals surface area contributed by atoms with E-state index in [-0.39, 0.29) is 0 Å². The van der Waals surface area contributed by atoms with Gasteiger partial charge in [0.05, 0.1) is 5.69 Å². The topological polar surface area (TPSA) is 38.1 Å². The molecule has 0 amide bonds. The van der Waals surface area contributed by atoms with Gasteiger partial charge >= 0.3 is 0 Å². The second-order valence-corrected chi connectivity index (χ2v) is 5.82. The molecule has 0 saturated carbocycles. The van der Waals surface area contributed by atoms with Crippen LogP contribution in [0.3, 0.4) is 0 Å². The van der Waals surface area contributed by atoms with E-state index in [2.05, 4.69) is 30.4 Å². The van der Waals surface area contributed by atoms with Crippen LogP contribution in [0.2, 0.25) is 0 Å². The second kappa shape index (κ2) is 5.73. The standard InChI is InChI=1S/C12H20N2OS/c1-9(2)12-6-11(14-15-12)7-13-10-4-3-5-16-8-10/h6,9-10,13H,3-5,7-8H2,1-2H3. The molecule has 1 N–H and O–H groups in total. The summed E-state index contributed by atoms with van der Waals surface area (Å²) in [4.78, 5) is 0. The molecule has 1 unspecified atom stereocenters. The fourth-order valence-corrected chi connectivity index (χ4v) is 2.94. The van der Waals surface area contributed by atoms with Gasteiger partial charge in [-0.05, 0) is 18.6 Å². The van der Waals surface area contributed by atoms with Crippen LogP contribution in [0.1, 0.15) is 44.1 Å². The molecule has 4 heteroatoms. The Morgan fingerprint density at radius 3 is 3.12 bits per heavy atom. The summed E-state index contributed by atoms with van der Waals surface area (Å²) >= 11 is 2.04. The van der Waals surface area contributed by atoms with Crippen molar-refractivity contribution in [2.45, 2.75) is 45.2 Å². The Hall–Kier alpha value is -0.480. The van der Waals surface area contributed by atoms with Gasteiger partial charge in [0.2, 0.25) is 0 Å². The van der Waals surface area contributed by atoms with Crippen LogP contribution in [0.25, 0.3) is 0 Å². The SMILES string of the molecule is CC(C)c1cc(CNC2CCCSC2)no1. The van der Waals surface area contributed by atoms with E-state index in [0.29, 0.717) is 12.0 Å². The highest BCUT2D eigenvalue weighted by Gasteiger charge is 2.14. The molecular weight excluding hydrogens is 220 g/mol. The zero-order chi connectivity index (χ0) is 11.4. The molecular formula is C12H20N2OS. The average Bonchev–Trinajstić information content (AvgIpc) is 2.76. The van der Waals surface area contributed by atoms with Gasteiger partial charge in [0, 0.05) is 30.3 Å². The van der Waals surface area contributed by atoms with Gasteiger partial charge in [-0.2, -0.15) is 11.8 Å². The summed E-state index contributed by atoms with van der Waals surface area (Å²) in [6.45, 7) is 5.08. The molecule has 0 bridgehead atoms. The molecule has 1 aliphatic heterocycles. The number of hydrogen-bond donors (Lipinski definition) is 1. The highest BCUT2D eigenvalue weighted by molar-refractivity contribution is 7.99. The predicted molar refractivity (Wildman–Crippen MR) is 67.8 cm³/mol. The maximum absolute atomic E-state index is 5.27. The maximum Gasteiger partial charge on any atom is 0.139 e. The van der Waals surface area contributed by atoms with Crippen LogP contribution in [-0.2, 0) is 6.54 Å². The van der Waals surface area contributed by atoms with E-state index in [9.17, 15) is 0 Å². The van der Waals surface area contributed by atoms with Crippen molar-refractivity contribution < 1.29 is 4.52 Å². The van der Waals surface area contributed by atoms with E-state index in [0.717, 1.165) is 18.0 Å². The Balaban J connectivity index is 1.79. The third-order valence-corrected chi connectivity index (χ3v) is 4.09. The Labute approximate surface area is 101 Å². The second-order valence-electron chi connectivity index (χ2n) is 4.67. The molecule has 1 aromatic rings. The Morgan fingerprint density at radius 1 is 1.62 bits per heavy atom. The van der Waals surface area contributed by atoms with Gasteiger partial charge in [0.25, 0.3) is 0 Å². The number of thioether (sulfide) groups is 1. The molecule has 3 nitrogen and oxygen atoms in total. The summed E-state index contributed by atoms with van der Waals surface area (Å²) in [5.41, 5.74) is 1.03.